The highest BCUT2D eigenvalue weighted by atomic mass is 16.5. The molecule has 2 aromatic rings. The van der Waals surface area contributed by atoms with Gasteiger partial charge < -0.3 is 24.6 Å². The molecule has 0 aromatic heterocycles. The Bertz CT molecular complexity index is 1040. The number of carbonyl (C=O) groups excluding carboxylic acids is 2. The van der Waals surface area contributed by atoms with E-state index in [-0.39, 0.29) is 11.8 Å². The van der Waals surface area contributed by atoms with Gasteiger partial charge in [0.1, 0.15) is 0 Å². The Balaban J connectivity index is 1.30. The summed E-state index contributed by atoms with van der Waals surface area (Å²) < 4.78 is 10.9. The largest absolute Gasteiger partial charge is 0.493 e. The van der Waals surface area contributed by atoms with Crippen LogP contribution < -0.4 is 14.8 Å². The van der Waals surface area contributed by atoms with Crippen molar-refractivity contribution in [2.24, 2.45) is 5.92 Å². The van der Waals surface area contributed by atoms with Crippen molar-refractivity contribution in [1.82, 2.24) is 9.80 Å². The number of amides is 2. The van der Waals surface area contributed by atoms with Crippen LogP contribution in [-0.4, -0.2) is 68.6 Å². The molecule has 0 aliphatic carbocycles. The number of methoxy groups -OCH3 is 2. The van der Waals surface area contributed by atoms with E-state index in [1.807, 2.05) is 24.3 Å². The third-order valence-corrected chi connectivity index (χ3v) is 7.12. The quantitative estimate of drug-likeness (QED) is 0.627. The maximum Gasteiger partial charge on any atom is 0.227 e. The highest BCUT2D eigenvalue weighted by Gasteiger charge is 2.27. The van der Waals surface area contributed by atoms with Gasteiger partial charge in [0.2, 0.25) is 11.8 Å². The zero-order valence-corrected chi connectivity index (χ0v) is 21.1. The van der Waals surface area contributed by atoms with Crippen LogP contribution in [0.4, 0.5) is 5.69 Å². The summed E-state index contributed by atoms with van der Waals surface area (Å²) in [6.45, 7) is 6.24. The molecule has 0 saturated carbocycles. The topological polar surface area (TPSA) is 71.1 Å². The van der Waals surface area contributed by atoms with Crippen molar-refractivity contribution in [3.8, 4) is 11.5 Å². The summed E-state index contributed by atoms with van der Waals surface area (Å²) in [4.78, 5) is 28.9. The smallest absolute Gasteiger partial charge is 0.227 e. The average molecular weight is 480 g/mol. The van der Waals surface area contributed by atoms with Gasteiger partial charge in [-0.15, -0.1) is 0 Å². The lowest BCUT2D eigenvalue weighted by atomic mass is 9.96. The lowest BCUT2D eigenvalue weighted by Gasteiger charge is -2.35. The van der Waals surface area contributed by atoms with Crippen LogP contribution in [0, 0.1) is 5.92 Å². The fraction of sp³-hybridized carbons (Fsp3) is 0.500. The number of hydrogen-bond acceptors (Lipinski definition) is 5. The third kappa shape index (κ3) is 6.54. The molecule has 1 unspecified atom stereocenters. The van der Waals surface area contributed by atoms with E-state index in [0.29, 0.717) is 18.1 Å². The van der Waals surface area contributed by atoms with Crippen molar-refractivity contribution < 1.29 is 19.1 Å². The van der Waals surface area contributed by atoms with E-state index in [9.17, 15) is 9.59 Å². The lowest BCUT2D eigenvalue weighted by molar-refractivity contribution is -0.131. The van der Waals surface area contributed by atoms with Crippen LogP contribution in [0.1, 0.15) is 36.5 Å². The van der Waals surface area contributed by atoms with Crippen molar-refractivity contribution in [3.05, 3.63) is 53.1 Å². The summed E-state index contributed by atoms with van der Waals surface area (Å²) in [6, 6.07) is 12.1. The third-order valence-electron chi connectivity index (χ3n) is 7.12. The second-order valence-electron chi connectivity index (χ2n) is 9.68. The summed E-state index contributed by atoms with van der Waals surface area (Å²) in [5.41, 5.74) is 4.33. The average Bonchev–Trinajstić information content (AvgIpc) is 3.00. The number of hydrogen-bond donors (Lipinski definition) is 1. The molecule has 1 N–H and O–H groups in total. The normalized spacial score (nSPS) is 18.5. The van der Waals surface area contributed by atoms with Crippen LogP contribution >= 0.6 is 0 Å². The number of likely N-dealkylation sites (tertiary alicyclic amines) is 1. The maximum absolute atomic E-state index is 13.1. The highest BCUT2D eigenvalue weighted by Crippen LogP contribution is 2.32. The zero-order chi connectivity index (χ0) is 24.8. The molecule has 2 aliphatic rings. The number of anilines is 1. The van der Waals surface area contributed by atoms with E-state index >= 15 is 0 Å². The monoisotopic (exact) mass is 479 g/mol. The number of piperidine rings is 1. The fourth-order valence-corrected chi connectivity index (χ4v) is 5.27. The van der Waals surface area contributed by atoms with Crippen LogP contribution in [0.5, 0.6) is 11.5 Å². The molecule has 7 nitrogen and oxygen atoms in total. The van der Waals surface area contributed by atoms with E-state index in [2.05, 4.69) is 27.2 Å². The van der Waals surface area contributed by atoms with Gasteiger partial charge in [0.05, 0.1) is 20.6 Å². The molecule has 1 saturated heterocycles. The first-order valence-electron chi connectivity index (χ1n) is 12.6. The minimum Gasteiger partial charge on any atom is -0.493 e. The lowest BCUT2D eigenvalue weighted by Crippen LogP contribution is -2.44. The van der Waals surface area contributed by atoms with Crippen LogP contribution in [0.25, 0.3) is 0 Å². The Morgan fingerprint density at radius 1 is 1.06 bits per heavy atom. The Morgan fingerprint density at radius 2 is 1.77 bits per heavy atom. The molecule has 188 valence electrons. The van der Waals surface area contributed by atoms with E-state index in [1.165, 1.54) is 30.9 Å². The molecule has 2 aliphatic heterocycles. The van der Waals surface area contributed by atoms with Crippen LogP contribution in [0.3, 0.4) is 0 Å². The molecular weight excluding hydrogens is 442 g/mol. The van der Waals surface area contributed by atoms with Crippen molar-refractivity contribution in [2.75, 3.05) is 52.3 Å². The van der Waals surface area contributed by atoms with E-state index in [1.54, 1.807) is 14.2 Å². The number of rotatable bonds is 8. The summed E-state index contributed by atoms with van der Waals surface area (Å²) in [6.07, 6.45) is 4.57. The number of carbonyl (C=O) groups is 2. The number of nitrogens with one attached hydrogen (secondary N) is 1. The first kappa shape index (κ1) is 25.0. The summed E-state index contributed by atoms with van der Waals surface area (Å²) in [5.74, 6) is 2.05. The van der Waals surface area contributed by atoms with Gasteiger partial charge in [0.25, 0.3) is 0 Å². The highest BCUT2D eigenvalue weighted by molar-refractivity contribution is 5.88. The van der Waals surface area contributed by atoms with Gasteiger partial charge in [-0.05, 0) is 79.1 Å². The Kier molecular flexibility index (Phi) is 8.29. The second kappa shape index (κ2) is 11.6. The predicted molar refractivity (Wildman–Crippen MR) is 137 cm³/mol. The number of fused-ring (bicyclic) bond motifs is 1. The number of ether oxygens (including phenoxy) is 2. The molecule has 7 heteroatoms. The van der Waals surface area contributed by atoms with Crippen LogP contribution in [0.15, 0.2) is 36.4 Å². The minimum absolute atomic E-state index is 0.0525. The first-order chi connectivity index (χ1) is 16.9. The molecule has 1 fully saturated rings. The van der Waals surface area contributed by atoms with Gasteiger partial charge >= 0.3 is 0 Å². The second-order valence-corrected chi connectivity index (χ2v) is 9.68. The summed E-state index contributed by atoms with van der Waals surface area (Å²) in [5, 5.41) is 2.81. The summed E-state index contributed by atoms with van der Waals surface area (Å²) in [7, 11) is 3.28. The molecular formula is C28H37N3O4. The Morgan fingerprint density at radius 3 is 2.46 bits per heavy atom. The first-order valence-corrected chi connectivity index (χ1v) is 12.6. The molecule has 1 atom stereocenters. The summed E-state index contributed by atoms with van der Waals surface area (Å²) >= 11 is 0. The van der Waals surface area contributed by atoms with Crippen molar-refractivity contribution in [3.63, 3.8) is 0 Å². The van der Waals surface area contributed by atoms with Crippen molar-refractivity contribution in [2.45, 2.75) is 39.0 Å². The molecule has 0 bridgehead atoms. The van der Waals surface area contributed by atoms with E-state index in [4.69, 9.17) is 9.47 Å². The predicted octanol–water partition coefficient (Wildman–Crippen LogP) is 3.54. The van der Waals surface area contributed by atoms with Gasteiger partial charge in [-0.3, -0.25) is 9.59 Å². The van der Waals surface area contributed by atoms with Crippen molar-refractivity contribution >= 4 is 17.5 Å². The number of nitrogens with zero attached hydrogens (tertiary/aromatic N) is 2. The van der Waals surface area contributed by atoms with Gasteiger partial charge in [-0.1, -0.05) is 12.1 Å². The van der Waals surface area contributed by atoms with Crippen LogP contribution in [0.2, 0.25) is 0 Å². The van der Waals surface area contributed by atoms with Gasteiger partial charge in [-0.25, -0.2) is 0 Å². The molecule has 0 radical (unpaired) electrons. The number of benzene rings is 2. The molecule has 4 rings (SSSR count). The van der Waals surface area contributed by atoms with Crippen LogP contribution in [-0.2, 0) is 28.9 Å². The standard InChI is InChI=1S/C28H37N3O4/c1-20(32)29-25-8-6-21(7-9-25)10-13-30-12-4-5-22(18-30)19-31-14-11-23-15-26(34-2)27(35-3)16-24(23)17-28(31)33/h6-9,15-16,22H,4-5,10-14,17-19H2,1-3H3,(H,29,32). The molecule has 2 aromatic carbocycles. The van der Waals surface area contributed by atoms with Gasteiger partial charge in [0.15, 0.2) is 11.5 Å². The Hall–Kier alpha value is -3.06. The van der Waals surface area contributed by atoms with Gasteiger partial charge in [0, 0.05) is 38.8 Å². The fourth-order valence-electron chi connectivity index (χ4n) is 5.27. The molecule has 2 heterocycles. The minimum atomic E-state index is -0.0525. The van der Waals surface area contributed by atoms with E-state index in [0.717, 1.165) is 62.6 Å². The van der Waals surface area contributed by atoms with Crippen molar-refractivity contribution in [1.29, 1.82) is 0 Å². The maximum atomic E-state index is 13.1. The zero-order valence-electron chi connectivity index (χ0n) is 21.1. The molecule has 2 amide bonds. The Labute approximate surface area is 208 Å². The molecule has 35 heavy (non-hydrogen) atoms. The van der Waals surface area contributed by atoms with Gasteiger partial charge in [-0.2, -0.15) is 0 Å². The SMILES string of the molecule is COc1cc2c(cc1OC)CC(=O)N(CC1CCCN(CCc3ccc(NC(C)=O)cc3)C1)CC2. The van der Waals surface area contributed by atoms with E-state index < -0.39 is 0 Å². The molecule has 0 spiro atoms.